The van der Waals surface area contributed by atoms with Crippen molar-refractivity contribution in [3.05, 3.63) is 54.1 Å². The van der Waals surface area contributed by atoms with Crippen LogP contribution in [0.15, 0.2) is 53.4 Å². The van der Waals surface area contributed by atoms with Crippen molar-refractivity contribution in [1.82, 2.24) is 9.62 Å². The van der Waals surface area contributed by atoms with Crippen LogP contribution in [-0.2, 0) is 14.8 Å². The average molecular weight is 434 g/mol. The first kappa shape index (κ1) is 22.6. The molecule has 0 atom stereocenters. The molecule has 164 valence electrons. The maximum atomic E-state index is 12.6. The van der Waals surface area contributed by atoms with Gasteiger partial charge in [0.1, 0.15) is 12.4 Å². The van der Waals surface area contributed by atoms with Gasteiger partial charge in [0.25, 0.3) is 0 Å². The molecule has 1 fully saturated rings. The van der Waals surface area contributed by atoms with Crippen LogP contribution in [0.3, 0.4) is 0 Å². The van der Waals surface area contributed by atoms with Crippen molar-refractivity contribution < 1.29 is 17.9 Å². The highest BCUT2D eigenvalue weighted by atomic mass is 32.2. The van der Waals surface area contributed by atoms with Gasteiger partial charge in [-0.25, -0.2) is 13.1 Å². The molecular formula is C22H31N3O4S. The lowest BCUT2D eigenvalue weighted by Crippen LogP contribution is -2.48. The number of ether oxygens (including phenoxy) is 2. The molecule has 0 spiro atoms. The number of para-hydroxylation sites is 1. The quantitative estimate of drug-likeness (QED) is 0.579. The molecule has 0 unspecified atom stereocenters. The predicted octanol–water partition coefficient (Wildman–Crippen LogP) is 2.12. The second kappa shape index (κ2) is 10.8. The number of hydrogen-bond acceptors (Lipinski definition) is 6. The van der Waals surface area contributed by atoms with E-state index in [1.54, 1.807) is 25.3 Å². The number of piperazine rings is 1. The van der Waals surface area contributed by atoms with Crippen molar-refractivity contribution in [2.75, 3.05) is 64.5 Å². The minimum Gasteiger partial charge on any atom is -0.491 e. The smallest absolute Gasteiger partial charge is 0.240 e. The van der Waals surface area contributed by atoms with Gasteiger partial charge < -0.3 is 14.4 Å². The second-order valence-corrected chi connectivity index (χ2v) is 9.10. The van der Waals surface area contributed by atoms with Crippen molar-refractivity contribution in [1.29, 1.82) is 0 Å². The first-order valence-electron chi connectivity index (χ1n) is 10.2. The fraction of sp³-hybridized carbons (Fsp3) is 0.455. The van der Waals surface area contributed by atoms with Crippen LogP contribution in [-0.4, -0.2) is 72.9 Å². The molecule has 0 aliphatic carbocycles. The third kappa shape index (κ3) is 6.18. The maximum Gasteiger partial charge on any atom is 0.240 e. The molecule has 2 aromatic carbocycles. The SMILES string of the molecule is COCCOc1ccc(S(=O)(=O)NCCN2CCN(c3ccccc3)CC2)cc1C. The monoisotopic (exact) mass is 433 g/mol. The van der Waals surface area contributed by atoms with Crippen molar-refractivity contribution in [3.8, 4) is 5.75 Å². The molecule has 1 heterocycles. The Morgan fingerprint density at radius 1 is 1.00 bits per heavy atom. The van der Waals surface area contributed by atoms with E-state index in [0.717, 1.165) is 31.7 Å². The van der Waals surface area contributed by atoms with Gasteiger partial charge in [-0.15, -0.1) is 0 Å². The summed E-state index contributed by atoms with van der Waals surface area (Å²) >= 11 is 0. The zero-order valence-corrected chi connectivity index (χ0v) is 18.5. The third-order valence-electron chi connectivity index (χ3n) is 5.22. The van der Waals surface area contributed by atoms with Crippen LogP contribution in [0.1, 0.15) is 5.56 Å². The summed E-state index contributed by atoms with van der Waals surface area (Å²) in [4.78, 5) is 4.91. The Morgan fingerprint density at radius 3 is 2.40 bits per heavy atom. The number of aryl methyl sites for hydroxylation is 1. The van der Waals surface area contributed by atoms with E-state index in [9.17, 15) is 8.42 Å². The number of benzene rings is 2. The number of anilines is 1. The molecule has 0 aromatic heterocycles. The molecule has 0 saturated carbocycles. The Morgan fingerprint density at radius 2 is 1.73 bits per heavy atom. The topological polar surface area (TPSA) is 71.1 Å². The van der Waals surface area contributed by atoms with Gasteiger partial charge in [0.2, 0.25) is 10.0 Å². The summed E-state index contributed by atoms with van der Waals surface area (Å²) in [6, 6.07) is 15.3. The molecule has 0 amide bonds. The van der Waals surface area contributed by atoms with Gasteiger partial charge in [0.15, 0.2) is 0 Å². The van der Waals surface area contributed by atoms with E-state index in [0.29, 0.717) is 32.1 Å². The van der Waals surface area contributed by atoms with E-state index in [1.165, 1.54) is 5.69 Å². The summed E-state index contributed by atoms with van der Waals surface area (Å²) in [5.74, 6) is 0.669. The summed E-state index contributed by atoms with van der Waals surface area (Å²) in [6.07, 6.45) is 0. The molecule has 30 heavy (non-hydrogen) atoms. The summed E-state index contributed by atoms with van der Waals surface area (Å²) in [5, 5.41) is 0. The molecule has 0 radical (unpaired) electrons. The van der Waals surface area contributed by atoms with Gasteiger partial charge >= 0.3 is 0 Å². The van der Waals surface area contributed by atoms with Gasteiger partial charge in [-0.1, -0.05) is 18.2 Å². The number of hydrogen-bond donors (Lipinski definition) is 1. The first-order valence-corrected chi connectivity index (χ1v) is 11.7. The molecular weight excluding hydrogens is 402 g/mol. The third-order valence-corrected chi connectivity index (χ3v) is 6.67. The fourth-order valence-corrected chi connectivity index (χ4v) is 4.58. The first-order chi connectivity index (χ1) is 14.5. The molecule has 2 aromatic rings. The lowest BCUT2D eigenvalue weighted by atomic mass is 10.2. The van der Waals surface area contributed by atoms with Crippen LogP contribution in [0.5, 0.6) is 5.75 Å². The van der Waals surface area contributed by atoms with E-state index in [2.05, 4.69) is 38.8 Å². The summed E-state index contributed by atoms with van der Waals surface area (Å²) in [5.41, 5.74) is 2.02. The summed E-state index contributed by atoms with van der Waals surface area (Å²) < 4.78 is 38.6. The zero-order valence-electron chi connectivity index (χ0n) is 17.7. The number of methoxy groups -OCH3 is 1. The van der Waals surface area contributed by atoms with E-state index in [-0.39, 0.29) is 4.90 Å². The van der Waals surface area contributed by atoms with Crippen LogP contribution in [0.4, 0.5) is 5.69 Å². The van der Waals surface area contributed by atoms with Crippen LogP contribution >= 0.6 is 0 Å². The van der Waals surface area contributed by atoms with Crippen molar-refractivity contribution in [2.45, 2.75) is 11.8 Å². The number of sulfonamides is 1. The molecule has 1 N–H and O–H groups in total. The highest BCUT2D eigenvalue weighted by molar-refractivity contribution is 7.89. The van der Waals surface area contributed by atoms with Crippen molar-refractivity contribution >= 4 is 15.7 Å². The van der Waals surface area contributed by atoms with Crippen molar-refractivity contribution in [2.24, 2.45) is 0 Å². The van der Waals surface area contributed by atoms with Crippen LogP contribution < -0.4 is 14.4 Å². The van der Waals surface area contributed by atoms with Crippen LogP contribution in [0, 0.1) is 6.92 Å². The molecule has 1 saturated heterocycles. The Bertz CT molecular complexity index is 898. The van der Waals surface area contributed by atoms with E-state index >= 15 is 0 Å². The van der Waals surface area contributed by atoms with Gasteiger partial charge in [-0.3, -0.25) is 4.90 Å². The highest BCUT2D eigenvalue weighted by Gasteiger charge is 2.19. The Hall–Kier alpha value is -2.13. The highest BCUT2D eigenvalue weighted by Crippen LogP contribution is 2.22. The molecule has 1 aliphatic heterocycles. The van der Waals surface area contributed by atoms with Crippen LogP contribution in [0.2, 0.25) is 0 Å². The van der Waals surface area contributed by atoms with E-state index < -0.39 is 10.0 Å². The van der Waals surface area contributed by atoms with Gasteiger partial charge in [0.05, 0.1) is 11.5 Å². The Balaban J connectivity index is 1.46. The van der Waals surface area contributed by atoms with E-state index in [1.807, 2.05) is 13.0 Å². The van der Waals surface area contributed by atoms with Gasteiger partial charge in [-0.05, 0) is 42.8 Å². The largest absolute Gasteiger partial charge is 0.491 e. The Kier molecular flexibility index (Phi) is 8.09. The predicted molar refractivity (Wildman–Crippen MR) is 119 cm³/mol. The molecule has 0 bridgehead atoms. The lowest BCUT2D eigenvalue weighted by molar-refractivity contribution is 0.146. The van der Waals surface area contributed by atoms with Crippen LogP contribution in [0.25, 0.3) is 0 Å². The Labute approximate surface area is 179 Å². The molecule has 7 nitrogen and oxygen atoms in total. The van der Waals surface area contributed by atoms with Gasteiger partial charge in [0, 0.05) is 52.1 Å². The second-order valence-electron chi connectivity index (χ2n) is 7.33. The lowest BCUT2D eigenvalue weighted by Gasteiger charge is -2.36. The molecule has 8 heteroatoms. The van der Waals surface area contributed by atoms with Crippen molar-refractivity contribution in [3.63, 3.8) is 0 Å². The van der Waals surface area contributed by atoms with Gasteiger partial charge in [-0.2, -0.15) is 0 Å². The minimum absolute atomic E-state index is 0.257. The molecule has 1 aliphatic rings. The zero-order chi connectivity index (χ0) is 21.4. The number of rotatable bonds is 10. The maximum absolute atomic E-state index is 12.6. The standard InChI is InChI=1S/C22H31N3O4S/c1-19-18-21(8-9-22(19)29-17-16-28-2)30(26,27)23-10-11-24-12-14-25(15-13-24)20-6-4-3-5-7-20/h3-9,18,23H,10-17H2,1-2H3. The summed E-state index contributed by atoms with van der Waals surface area (Å²) in [7, 11) is -1.93. The number of nitrogens with zero attached hydrogens (tertiary/aromatic N) is 2. The minimum atomic E-state index is -3.55. The summed E-state index contributed by atoms with van der Waals surface area (Å²) in [6.45, 7) is 7.57. The molecule has 3 rings (SSSR count). The number of nitrogens with one attached hydrogen (secondary N) is 1. The normalized spacial score (nSPS) is 15.3. The average Bonchev–Trinajstić information content (AvgIpc) is 2.76. The fourth-order valence-electron chi connectivity index (χ4n) is 3.48. The van der Waals surface area contributed by atoms with E-state index in [4.69, 9.17) is 9.47 Å².